The molecule has 3 heteroatoms. The quantitative estimate of drug-likeness (QED) is 0.531. The first kappa shape index (κ1) is 13.2. The Balaban J connectivity index is 2.17. The van der Waals surface area contributed by atoms with Crippen LogP contribution in [-0.4, -0.2) is 15.7 Å². The summed E-state index contributed by atoms with van der Waals surface area (Å²) in [5, 5.41) is 0. The van der Waals surface area contributed by atoms with Crippen LogP contribution in [0.4, 0.5) is 0 Å². The van der Waals surface area contributed by atoms with E-state index in [1.54, 1.807) is 0 Å². The highest BCUT2D eigenvalue weighted by atomic mass is 28.4. The fourth-order valence-electron chi connectivity index (χ4n) is 3.74. The Morgan fingerprint density at radius 2 is 1.41 bits per heavy atom. The normalized spacial score (nSPS) is 23.9. The van der Waals surface area contributed by atoms with E-state index in [2.05, 4.69) is 0 Å². The molecule has 0 spiro atoms. The van der Waals surface area contributed by atoms with E-state index in [0.717, 1.165) is 11.1 Å². The highest BCUT2D eigenvalue weighted by Gasteiger charge is 2.54. The van der Waals surface area contributed by atoms with Crippen molar-refractivity contribution in [1.82, 2.24) is 0 Å². The molecule has 0 saturated heterocycles. The third-order valence-electron chi connectivity index (χ3n) is 4.56. The van der Waals surface area contributed by atoms with Crippen LogP contribution in [0, 0.1) is 0 Å². The molecule has 2 rings (SSSR count). The van der Waals surface area contributed by atoms with Crippen molar-refractivity contribution in [2.75, 3.05) is 7.11 Å². The molecule has 2 nitrogen and oxygen atoms in total. The molecule has 17 heavy (non-hydrogen) atoms. The lowest BCUT2D eigenvalue weighted by Crippen LogP contribution is -2.48. The van der Waals surface area contributed by atoms with Crippen LogP contribution < -0.4 is 0 Å². The standard InChI is InChI=1S/C14H26O2Si/c1-3-12-16-17(15-2,13-8-4-5-9-13)14-10-6-7-11-14/h3,12-14H,4-11H2,1-2H3. The first-order valence-corrected chi connectivity index (χ1v) is 9.14. The van der Waals surface area contributed by atoms with E-state index in [-0.39, 0.29) is 0 Å². The van der Waals surface area contributed by atoms with Gasteiger partial charge in [0.1, 0.15) is 0 Å². The van der Waals surface area contributed by atoms with E-state index < -0.39 is 8.56 Å². The van der Waals surface area contributed by atoms with Crippen LogP contribution in [0.25, 0.3) is 0 Å². The van der Waals surface area contributed by atoms with Gasteiger partial charge in [0, 0.05) is 18.2 Å². The van der Waals surface area contributed by atoms with Gasteiger partial charge in [-0.15, -0.1) is 0 Å². The number of hydrogen-bond donors (Lipinski definition) is 0. The minimum absolute atomic E-state index is 0.729. The molecule has 2 fully saturated rings. The van der Waals surface area contributed by atoms with Crippen molar-refractivity contribution in [3.8, 4) is 0 Å². The molecule has 0 atom stereocenters. The van der Waals surface area contributed by atoms with Gasteiger partial charge in [-0.25, -0.2) is 0 Å². The molecule has 0 N–H and O–H groups in total. The van der Waals surface area contributed by atoms with Crippen LogP contribution in [0.3, 0.4) is 0 Å². The van der Waals surface area contributed by atoms with E-state index in [4.69, 9.17) is 8.85 Å². The summed E-state index contributed by atoms with van der Waals surface area (Å²) in [6, 6.07) is 0. The predicted molar refractivity (Wildman–Crippen MR) is 73.1 cm³/mol. The Bertz CT molecular complexity index is 237. The van der Waals surface area contributed by atoms with Crippen molar-refractivity contribution in [3.05, 3.63) is 12.3 Å². The second kappa shape index (κ2) is 6.05. The molecule has 2 aliphatic carbocycles. The summed E-state index contributed by atoms with van der Waals surface area (Å²) in [5.41, 5.74) is 1.46. The zero-order chi connectivity index (χ0) is 12.1. The lowest BCUT2D eigenvalue weighted by Gasteiger charge is -2.37. The first-order valence-electron chi connectivity index (χ1n) is 7.17. The molecule has 0 unspecified atom stereocenters. The van der Waals surface area contributed by atoms with Crippen molar-refractivity contribution in [2.45, 2.75) is 69.4 Å². The zero-order valence-electron chi connectivity index (χ0n) is 11.3. The molecule has 0 aromatic rings. The molecular weight excluding hydrogens is 228 g/mol. The lowest BCUT2D eigenvalue weighted by molar-refractivity contribution is 0.238. The van der Waals surface area contributed by atoms with Crippen LogP contribution in [0.5, 0.6) is 0 Å². The largest absolute Gasteiger partial charge is 0.527 e. The van der Waals surface area contributed by atoms with Crippen LogP contribution >= 0.6 is 0 Å². The van der Waals surface area contributed by atoms with Crippen LogP contribution in [0.2, 0.25) is 11.1 Å². The molecule has 2 aliphatic rings. The average Bonchev–Trinajstić information content (AvgIpc) is 3.04. The second-order valence-electron chi connectivity index (χ2n) is 5.48. The van der Waals surface area contributed by atoms with Crippen molar-refractivity contribution < 1.29 is 8.85 Å². The van der Waals surface area contributed by atoms with E-state index in [1.807, 2.05) is 26.4 Å². The summed E-state index contributed by atoms with van der Waals surface area (Å²) in [7, 11) is -0.116. The molecule has 0 radical (unpaired) electrons. The Morgan fingerprint density at radius 1 is 0.941 bits per heavy atom. The second-order valence-corrected chi connectivity index (χ2v) is 9.20. The summed E-state index contributed by atoms with van der Waals surface area (Å²) in [5.74, 6) is 0. The predicted octanol–water partition coefficient (Wildman–Crippen LogP) is 4.51. The minimum Gasteiger partial charge on any atom is -0.527 e. The van der Waals surface area contributed by atoms with Crippen molar-refractivity contribution in [1.29, 1.82) is 0 Å². The maximum atomic E-state index is 6.23. The summed E-state index contributed by atoms with van der Waals surface area (Å²) in [6.45, 7) is 2.03. The van der Waals surface area contributed by atoms with E-state index in [9.17, 15) is 0 Å². The molecule has 0 heterocycles. The van der Waals surface area contributed by atoms with Gasteiger partial charge in [0.25, 0.3) is 0 Å². The molecule has 0 bridgehead atoms. The van der Waals surface area contributed by atoms with Crippen molar-refractivity contribution in [3.63, 3.8) is 0 Å². The van der Waals surface area contributed by atoms with Gasteiger partial charge in [0.15, 0.2) is 0 Å². The summed E-state index contributed by atoms with van der Waals surface area (Å²) >= 11 is 0. The summed E-state index contributed by atoms with van der Waals surface area (Å²) in [6.07, 6.45) is 14.7. The van der Waals surface area contributed by atoms with Crippen LogP contribution in [0.1, 0.15) is 58.3 Å². The van der Waals surface area contributed by atoms with Crippen LogP contribution in [0.15, 0.2) is 12.3 Å². The molecule has 2 saturated carbocycles. The Kier molecular flexibility index (Phi) is 4.68. The zero-order valence-corrected chi connectivity index (χ0v) is 12.3. The number of rotatable bonds is 5. The minimum atomic E-state index is -2.01. The monoisotopic (exact) mass is 254 g/mol. The fourth-order valence-corrected chi connectivity index (χ4v) is 8.33. The number of allylic oxidation sites excluding steroid dienone is 1. The van der Waals surface area contributed by atoms with Gasteiger partial charge in [0.2, 0.25) is 0 Å². The Hall–Kier alpha value is -0.283. The highest BCUT2D eigenvalue weighted by Crippen LogP contribution is 2.50. The third kappa shape index (κ3) is 2.60. The summed E-state index contributed by atoms with van der Waals surface area (Å²) < 4.78 is 12.3. The summed E-state index contributed by atoms with van der Waals surface area (Å²) in [4.78, 5) is 0. The Morgan fingerprint density at radius 3 is 1.76 bits per heavy atom. The first-order chi connectivity index (χ1) is 8.33. The highest BCUT2D eigenvalue weighted by molar-refractivity contribution is 6.70. The van der Waals surface area contributed by atoms with Gasteiger partial charge in [-0.3, -0.25) is 0 Å². The average molecular weight is 254 g/mol. The molecule has 98 valence electrons. The van der Waals surface area contributed by atoms with Gasteiger partial charge in [-0.1, -0.05) is 31.8 Å². The Labute approximate surface area is 107 Å². The van der Waals surface area contributed by atoms with Gasteiger partial charge in [0.05, 0.1) is 6.26 Å². The van der Waals surface area contributed by atoms with E-state index in [1.165, 1.54) is 51.4 Å². The van der Waals surface area contributed by atoms with E-state index >= 15 is 0 Å². The number of hydrogen-bond acceptors (Lipinski definition) is 2. The topological polar surface area (TPSA) is 18.5 Å². The van der Waals surface area contributed by atoms with Crippen molar-refractivity contribution in [2.24, 2.45) is 0 Å². The molecule has 0 amide bonds. The van der Waals surface area contributed by atoms with Gasteiger partial charge < -0.3 is 8.85 Å². The smallest absolute Gasteiger partial charge is 0.404 e. The molecule has 0 aromatic carbocycles. The maximum absolute atomic E-state index is 6.23. The van der Waals surface area contributed by atoms with Crippen LogP contribution in [-0.2, 0) is 8.85 Å². The molecule has 0 aromatic heterocycles. The molecule has 0 aliphatic heterocycles. The fraction of sp³-hybridized carbons (Fsp3) is 0.857. The van der Waals surface area contributed by atoms with Gasteiger partial charge in [-0.05, 0) is 32.6 Å². The third-order valence-corrected chi connectivity index (χ3v) is 9.13. The maximum Gasteiger partial charge on any atom is 0.404 e. The van der Waals surface area contributed by atoms with Gasteiger partial charge in [-0.2, -0.15) is 0 Å². The SMILES string of the molecule is CC=CO[Si](OC)(C1CCCC1)C1CCCC1. The van der Waals surface area contributed by atoms with Crippen molar-refractivity contribution >= 4 is 8.56 Å². The van der Waals surface area contributed by atoms with E-state index in [0.29, 0.717) is 0 Å². The lowest BCUT2D eigenvalue weighted by atomic mass is 10.3. The van der Waals surface area contributed by atoms with Gasteiger partial charge >= 0.3 is 8.56 Å². The molecular formula is C14H26O2Si.